The van der Waals surface area contributed by atoms with Crippen LogP contribution in [0.5, 0.6) is 0 Å². The number of carbonyl (C=O) groups excluding carboxylic acids is 1. The number of benzene rings is 1. The van der Waals surface area contributed by atoms with E-state index in [2.05, 4.69) is 15.6 Å². The lowest BCUT2D eigenvalue weighted by Gasteiger charge is -2.05. The molecular weight excluding hydrogens is 264 g/mol. The van der Waals surface area contributed by atoms with Gasteiger partial charge in [-0.1, -0.05) is 17.3 Å². The summed E-state index contributed by atoms with van der Waals surface area (Å²) < 4.78 is 1.14. The second kappa shape index (κ2) is 5.93. The predicted octanol–water partition coefficient (Wildman–Crippen LogP) is 0.107. The van der Waals surface area contributed by atoms with Gasteiger partial charge in [-0.2, -0.15) is 0 Å². The van der Waals surface area contributed by atoms with Gasteiger partial charge in [0, 0.05) is 5.69 Å². The first-order valence-electron chi connectivity index (χ1n) is 5.71. The number of aliphatic hydroxyl groups excluding tert-OH is 1. The molecule has 0 saturated carbocycles. The van der Waals surface area contributed by atoms with Gasteiger partial charge in [-0.25, -0.2) is 9.48 Å². The molecule has 3 N–H and O–H groups in total. The Labute approximate surface area is 113 Å². The van der Waals surface area contributed by atoms with Crippen LogP contribution < -0.4 is 5.32 Å². The lowest BCUT2D eigenvalue weighted by Crippen LogP contribution is -2.19. The molecule has 1 heterocycles. The third kappa shape index (κ3) is 3.39. The van der Waals surface area contributed by atoms with E-state index in [9.17, 15) is 9.59 Å². The first kappa shape index (κ1) is 13.7. The van der Waals surface area contributed by atoms with Crippen LogP contribution in [-0.2, 0) is 17.9 Å². The van der Waals surface area contributed by atoms with Gasteiger partial charge in [0.2, 0.25) is 5.91 Å². The van der Waals surface area contributed by atoms with Gasteiger partial charge in [0.15, 0.2) is 5.69 Å². The van der Waals surface area contributed by atoms with E-state index in [1.165, 1.54) is 6.20 Å². The van der Waals surface area contributed by atoms with E-state index < -0.39 is 5.97 Å². The van der Waals surface area contributed by atoms with Crippen molar-refractivity contribution in [2.45, 2.75) is 13.2 Å². The zero-order valence-electron chi connectivity index (χ0n) is 10.4. The molecule has 8 heteroatoms. The fourth-order valence-corrected chi connectivity index (χ4v) is 1.51. The second-order valence-electron chi connectivity index (χ2n) is 4.01. The summed E-state index contributed by atoms with van der Waals surface area (Å²) >= 11 is 0. The molecule has 0 spiro atoms. The molecule has 2 aromatic rings. The monoisotopic (exact) mass is 276 g/mol. The lowest BCUT2D eigenvalue weighted by molar-refractivity contribution is -0.116. The highest BCUT2D eigenvalue weighted by molar-refractivity contribution is 5.90. The number of aliphatic hydroxyl groups is 1. The number of hydrogen-bond donors (Lipinski definition) is 3. The normalized spacial score (nSPS) is 10.2. The van der Waals surface area contributed by atoms with Crippen LogP contribution in [0.4, 0.5) is 5.69 Å². The highest BCUT2D eigenvalue weighted by Gasteiger charge is 2.10. The summed E-state index contributed by atoms with van der Waals surface area (Å²) in [5.41, 5.74) is 1.10. The van der Waals surface area contributed by atoms with E-state index in [1.54, 1.807) is 24.3 Å². The van der Waals surface area contributed by atoms with Gasteiger partial charge in [0.25, 0.3) is 0 Å². The Kier molecular flexibility index (Phi) is 4.06. The minimum atomic E-state index is -1.20. The highest BCUT2D eigenvalue weighted by atomic mass is 16.4. The SMILES string of the molecule is O=C(Cn1cc(C(=O)O)nn1)Nc1ccc(CO)cc1. The molecule has 1 aromatic carbocycles. The van der Waals surface area contributed by atoms with Crippen molar-refractivity contribution in [1.82, 2.24) is 15.0 Å². The standard InChI is InChI=1S/C12H12N4O4/c17-7-8-1-3-9(4-2-8)13-11(18)6-16-5-10(12(19)20)14-15-16/h1-5,17H,6-7H2,(H,13,18)(H,19,20). The van der Waals surface area contributed by atoms with Gasteiger partial charge in [0.05, 0.1) is 12.8 Å². The van der Waals surface area contributed by atoms with Crippen LogP contribution in [0.3, 0.4) is 0 Å². The van der Waals surface area contributed by atoms with E-state index in [1.807, 2.05) is 0 Å². The van der Waals surface area contributed by atoms with Crippen LogP contribution in [0.2, 0.25) is 0 Å². The summed E-state index contributed by atoms with van der Waals surface area (Å²) in [4.78, 5) is 22.3. The molecule has 0 bridgehead atoms. The van der Waals surface area contributed by atoms with Crippen LogP contribution in [0.25, 0.3) is 0 Å². The van der Waals surface area contributed by atoms with Crippen LogP contribution in [0, 0.1) is 0 Å². The van der Waals surface area contributed by atoms with E-state index >= 15 is 0 Å². The Morgan fingerprint density at radius 3 is 2.50 bits per heavy atom. The molecule has 0 saturated heterocycles. The molecule has 0 aliphatic rings. The van der Waals surface area contributed by atoms with Crippen molar-refractivity contribution in [1.29, 1.82) is 0 Å². The number of carbonyl (C=O) groups is 2. The van der Waals surface area contributed by atoms with Crippen LogP contribution in [-0.4, -0.2) is 37.1 Å². The number of carboxylic acids is 1. The third-order valence-electron chi connectivity index (χ3n) is 2.48. The van der Waals surface area contributed by atoms with Crippen LogP contribution >= 0.6 is 0 Å². The average Bonchev–Trinajstić information content (AvgIpc) is 2.88. The fourth-order valence-electron chi connectivity index (χ4n) is 1.51. The molecule has 104 valence electrons. The molecule has 1 amide bonds. The number of nitrogens with one attached hydrogen (secondary N) is 1. The molecule has 0 unspecified atom stereocenters. The first-order valence-corrected chi connectivity index (χ1v) is 5.71. The molecule has 0 aliphatic carbocycles. The summed E-state index contributed by atoms with van der Waals surface area (Å²) in [6.45, 7) is -0.201. The van der Waals surface area contributed by atoms with E-state index in [0.717, 1.165) is 10.2 Å². The van der Waals surface area contributed by atoms with E-state index in [4.69, 9.17) is 10.2 Å². The number of rotatable bonds is 5. The zero-order valence-corrected chi connectivity index (χ0v) is 10.4. The third-order valence-corrected chi connectivity index (χ3v) is 2.48. The van der Waals surface area contributed by atoms with Crippen molar-refractivity contribution in [3.8, 4) is 0 Å². The maximum absolute atomic E-state index is 11.7. The van der Waals surface area contributed by atoms with E-state index in [0.29, 0.717) is 5.69 Å². The second-order valence-corrected chi connectivity index (χ2v) is 4.01. The summed E-state index contributed by atoms with van der Waals surface area (Å²) in [6, 6.07) is 6.70. The quantitative estimate of drug-likeness (QED) is 0.713. The summed E-state index contributed by atoms with van der Waals surface area (Å²) in [6.07, 6.45) is 1.18. The summed E-state index contributed by atoms with van der Waals surface area (Å²) in [7, 11) is 0. The number of hydrogen-bond acceptors (Lipinski definition) is 5. The summed E-state index contributed by atoms with van der Waals surface area (Å²) in [5.74, 6) is -1.56. The Balaban J connectivity index is 1.95. The van der Waals surface area contributed by atoms with E-state index in [-0.39, 0.29) is 24.8 Å². The van der Waals surface area contributed by atoms with Gasteiger partial charge in [0.1, 0.15) is 6.54 Å². The van der Waals surface area contributed by atoms with Gasteiger partial charge in [-0.3, -0.25) is 4.79 Å². The first-order chi connectivity index (χ1) is 9.58. The van der Waals surface area contributed by atoms with Crippen molar-refractivity contribution in [2.24, 2.45) is 0 Å². The molecule has 2 rings (SSSR count). The van der Waals surface area contributed by atoms with Gasteiger partial charge in [-0.15, -0.1) is 5.10 Å². The number of nitrogens with zero attached hydrogens (tertiary/aromatic N) is 3. The number of carboxylic acid groups (broad SMARTS) is 1. The number of amides is 1. The molecule has 0 radical (unpaired) electrons. The molecule has 1 aromatic heterocycles. The van der Waals surface area contributed by atoms with Crippen molar-refractivity contribution < 1.29 is 19.8 Å². The number of aromatic carboxylic acids is 1. The number of aromatic nitrogens is 3. The largest absolute Gasteiger partial charge is 0.476 e. The average molecular weight is 276 g/mol. The Morgan fingerprint density at radius 1 is 1.25 bits per heavy atom. The Morgan fingerprint density at radius 2 is 1.95 bits per heavy atom. The summed E-state index contributed by atoms with van der Waals surface area (Å²) in [5, 5.41) is 27.1. The Bertz CT molecular complexity index is 621. The molecule has 8 nitrogen and oxygen atoms in total. The van der Waals surface area contributed by atoms with Crippen LogP contribution in [0.1, 0.15) is 16.1 Å². The molecule has 0 atom stereocenters. The van der Waals surface area contributed by atoms with Crippen molar-refractivity contribution in [3.05, 3.63) is 41.7 Å². The van der Waals surface area contributed by atoms with Crippen molar-refractivity contribution >= 4 is 17.6 Å². The van der Waals surface area contributed by atoms with Gasteiger partial charge >= 0.3 is 5.97 Å². The molecular formula is C12H12N4O4. The maximum Gasteiger partial charge on any atom is 0.358 e. The molecule has 20 heavy (non-hydrogen) atoms. The van der Waals surface area contributed by atoms with Gasteiger partial charge in [-0.05, 0) is 17.7 Å². The predicted molar refractivity (Wildman–Crippen MR) is 68.0 cm³/mol. The molecule has 0 fully saturated rings. The minimum Gasteiger partial charge on any atom is -0.476 e. The van der Waals surface area contributed by atoms with Gasteiger partial charge < -0.3 is 15.5 Å². The van der Waals surface area contributed by atoms with Crippen molar-refractivity contribution in [2.75, 3.05) is 5.32 Å². The zero-order chi connectivity index (χ0) is 14.5. The Hall–Kier alpha value is -2.74. The number of anilines is 1. The maximum atomic E-state index is 11.7. The highest BCUT2D eigenvalue weighted by Crippen LogP contribution is 2.09. The van der Waals surface area contributed by atoms with Crippen molar-refractivity contribution in [3.63, 3.8) is 0 Å². The topological polar surface area (TPSA) is 117 Å². The lowest BCUT2D eigenvalue weighted by atomic mass is 10.2. The van der Waals surface area contributed by atoms with Crippen LogP contribution in [0.15, 0.2) is 30.5 Å². The smallest absolute Gasteiger partial charge is 0.358 e. The minimum absolute atomic E-state index is 0.0643. The molecule has 0 aliphatic heterocycles. The fraction of sp³-hybridized carbons (Fsp3) is 0.167.